The number of sulfonamides is 1. The number of aryl methyl sites for hydroxylation is 1. The van der Waals surface area contributed by atoms with Crippen LogP contribution in [0, 0.1) is 0 Å². The maximum absolute atomic E-state index is 12.2. The number of para-hydroxylation sites is 1. The molecule has 31 heavy (non-hydrogen) atoms. The molecular weight excluding hydrogens is 433 g/mol. The first-order valence-electron chi connectivity index (χ1n) is 9.18. The fraction of sp³-hybridized carbons (Fsp3) is 0.200. The van der Waals surface area contributed by atoms with Crippen molar-refractivity contribution in [2.75, 3.05) is 11.9 Å². The molecule has 2 N–H and O–H groups in total. The van der Waals surface area contributed by atoms with Crippen molar-refractivity contribution in [3.05, 3.63) is 72.6 Å². The van der Waals surface area contributed by atoms with E-state index in [0.717, 1.165) is 23.4 Å². The molecule has 0 atom stereocenters. The molecule has 0 unspecified atom stereocenters. The second-order valence-corrected chi connectivity index (χ2v) is 8.41. The van der Waals surface area contributed by atoms with Gasteiger partial charge in [0.15, 0.2) is 0 Å². The van der Waals surface area contributed by atoms with Gasteiger partial charge in [0.25, 0.3) is 0 Å². The van der Waals surface area contributed by atoms with Crippen LogP contribution in [0.1, 0.15) is 12.0 Å². The van der Waals surface area contributed by atoms with Crippen molar-refractivity contribution in [1.82, 2.24) is 14.5 Å². The number of nitrogens with one attached hydrogen (secondary N) is 2. The summed E-state index contributed by atoms with van der Waals surface area (Å²) in [6.07, 6.45) is -0.525. The standard InChI is InChI=1S/C20H19F3N4O3S/c21-20(22,23)14-25-31(29,30)18-9-7-16(8-10-18)26-19(28)11-6-15-12-24-27(13-15)17-4-2-1-3-5-17/h1-5,7-10,12-13,25H,6,11,14H2,(H,26,28). The third-order valence-electron chi connectivity index (χ3n) is 4.21. The summed E-state index contributed by atoms with van der Waals surface area (Å²) in [7, 11) is -4.30. The van der Waals surface area contributed by atoms with E-state index in [-0.39, 0.29) is 17.2 Å². The molecular formula is C20H19F3N4O3S. The molecule has 0 saturated carbocycles. The van der Waals surface area contributed by atoms with Gasteiger partial charge in [-0.3, -0.25) is 4.79 Å². The first kappa shape index (κ1) is 22.5. The molecule has 0 fully saturated rings. The van der Waals surface area contributed by atoms with Gasteiger partial charge in [-0.15, -0.1) is 0 Å². The number of halogens is 3. The SMILES string of the molecule is O=C(CCc1cnn(-c2ccccc2)c1)Nc1ccc(S(=O)(=O)NCC(F)(F)F)cc1. The number of hydrogen-bond acceptors (Lipinski definition) is 4. The zero-order valence-corrected chi connectivity index (χ0v) is 16.9. The number of hydrogen-bond donors (Lipinski definition) is 2. The zero-order valence-electron chi connectivity index (χ0n) is 16.1. The van der Waals surface area contributed by atoms with Crippen molar-refractivity contribution >= 4 is 21.6 Å². The minimum atomic E-state index is -4.65. The Morgan fingerprint density at radius 2 is 1.71 bits per heavy atom. The average molecular weight is 452 g/mol. The van der Waals surface area contributed by atoms with Crippen LogP contribution in [0.3, 0.4) is 0 Å². The Hall–Kier alpha value is -3.18. The van der Waals surface area contributed by atoms with Crippen LogP contribution >= 0.6 is 0 Å². The van der Waals surface area contributed by atoms with Crippen LogP contribution < -0.4 is 10.0 Å². The molecule has 2 aromatic carbocycles. The summed E-state index contributed by atoms with van der Waals surface area (Å²) in [6, 6.07) is 14.4. The largest absolute Gasteiger partial charge is 0.402 e. The Kier molecular flexibility index (Phi) is 6.76. The second kappa shape index (κ2) is 9.31. The van der Waals surface area contributed by atoms with Gasteiger partial charge in [-0.25, -0.2) is 17.8 Å². The maximum Gasteiger partial charge on any atom is 0.402 e. The van der Waals surface area contributed by atoms with E-state index in [1.54, 1.807) is 10.9 Å². The molecule has 0 spiro atoms. The van der Waals surface area contributed by atoms with Crippen molar-refractivity contribution in [3.63, 3.8) is 0 Å². The fourth-order valence-corrected chi connectivity index (χ4v) is 3.68. The number of alkyl halides is 3. The number of benzene rings is 2. The zero-order chi connectivity index (χ0) is 22.5. The van der Waals surface area contributed by atoms with Crippen LogP contribution in [-0.2, 0) is 21.2 Å². The van der Waals surface area contributed by atoms with Crippen LogP contribution in [-0.4, -0.2) is 36.8 Å². The van der Waals surface area contributed by atoms with Crippen molar-refractivity contribution < 1.29 is 26.4 Å². The molecule has 7 nitrogen and oxygen atoms in total. The number of rotatable bonds is 8. The van der Waals surface area contributed by atoms with Gasteiger partial charge in [0.2, 0.25) is 15.9 Å². The number of carbonyl (C=O) groups excluding carboxylic acids is 1. The highest BCUT2D eigenvalue weighted by atomic mass is 32.2. The first-order valence-corrected chi connectivity index (χ1v) is 10.7. The molecule has 11 heteroatoms. The summed E-state index contributed by atoms with van der Waals surface area (Å²) in [5, 5.41) is 6.89. The van der Waals surface area contributed by atoms with Gasteiger partial charge in [-0.05, 0) is 48.4 Å². The van der Waals surface area contributed by atoms with Gasteiger partial charge in [-0.2, -0.15) is 18.3 Å². The third kappa shape index (κ3) is 6.66. The van der Waals surface area contributed by atoms with Crippen molar-refractivity contribution in [1.29, 1.82) is 0 Å². The van der Waals surface area contributed by atoms with E-state index in [4.69, 9.17) is 0 Å². The van der Waals surface area contributed by atoms with Crippen LogP contribution in [0.2, 0.25) is 0 Å². The minimum absolute atomic E-state index is 0.174. The molecule has 3 aromatic rings. The summed E-state index contributed by atoms with van der Waals surface area (Å²) < 4.78 is 63.6. The molecule has 0 saturated heterocycles. The van der Waals surface area contributed by atoms with E-state index in [1.807, 2.05) is 36.5 Å². The summed E-state index contributed by atoms with van der Waals surface area (Å²) in [5.41, 5.74) is 2.11. The highest BCUT2D eigenvalue weighted by Crippen LogP contribution is 2.17. The average Bonchev–Trinajstić information content (AvgIpc) is 3.21. The van der Waals surface area contributed by atoms with Crippen molar-refractivity contribution in [3.8, 4) is 5.69 Å². The Morgan fingerprint density at radius 3 is 2.35 bits per heavy atom. The molecule has 0 aliphatic rings. The normalized spacial score (nSPS) is 12.0. The van der Waals surface area contributed by atoms with E-state index in [9.17, 15) is 26.4 Å². The molecule has 0 bridgehead atoms. The first-order chi connectivity index (χ1) is 14.6. The number of carbonyl (C=O) groups is 1. The molecule has 3 rings (SSSR count). The summed E-state index contributed by atoms with van der Waals surface area (Å²) in [5.74, 6) is -0.293. The van der Waals surface area contributed by atoms with Gasteiger partial charge >= 0.3 is 6.18 Å². The Labute approximate surface area is 176 Å². The minimum Gasteiger partial charge on any atom is -0.326 e. The van der Waals surface area contributed by atoms with Crippen LogP contribution in [0.4, 0.5) is 18.9 Å². The lowest BCUT2D eigenvalue weighted by Crippen LogP contribution is -2.33. The molecule has 0 aliphatic heterocycles. The predicted molar refractivity (Wildman–Crippen MR) is 108 cm³/mol. The number of aromatic nitrogens is 2. The molecule has 1 aromatic heterocycles. The lowest BCUT2D eigenvalue weighted by molar-refractivity contribution is -0.121. The summed E-state index contributed by atoms with van der Waals surface area (Å²) in [6.45, 7) is -1.66. The van der Waals surface area contributed by atoms with Gasteiger partial charge < -0.3 is 5.32 Å². The second-order valence-electron chi connectivity index (χ2n) is 6.64. The lowest BCUT2D eigenvalue weighted by Gasteiger charge is -2.10. The lowest BCUT2D eigenvalue weighted by atomic mass is 10.2. The van der Waals surface area contributed by atoms with Gasteiger partial charge in [-0.1, -0.05) is 18.2 Å². The summed E-state index contributed by atoms with van der Waals surface area (Å²) in [4.78, 5) is 11.8. The van der Waals surface area contributed by atoms with Crippen molar-refractivity contribution in [2.45, 2.75) is 23.9 Å². The Balaban J connectivity index is 1.52. The highest BCUT2D eigenvalue weighted by molar-refractivity contribution is 7.89. The van der Waals surface area contributed by atoms with Gasteiger partial charge in [0.05, 0.1) is 16.8 Å². The topological polar surface area (TPSA) is 93.1 Å². The van der Waals surface area contributed by atoms with Gasteiger partial charge in [0.1, 0.15) is 6.54 Å². The quantitative estimate of drug-likeness (QED) is 0.549. The Bertz CT molecular complexity index is 1130. The number of amides is 1. The molecule has 1 heterocycles. The van der Waals surface area contributed by atoms with Crippen molar-refractivity contribution in [2.24, 2.45) is 0 Å². The molecule has 164 valence electrons. The smallest absolute Gasteiger partial charge is 0.326 e. The molecule has 0 radical (unpaired) electrons. The van der Waals surface area contributed by atoms with Crippen LogP contribution in [0.15, 0.2) is 71.9 Å². The molecule has 0 aliphatic carbocycles. The third-order valence-corrected chi connectivity index (χ3v) is 5.63. The van der Waals surface area contributed by atoms with Crippen LogP contribution in [0.5, 0.6) is 0 Å². The highest BCUT2D eigenvalue weighted by Gasteiger charge is 2.30. The van der Waals surface area contributed by atoms with Crippen LogP contribution in [0.25, 0.3) is 5.69 Å². The Morgan fingerprint density at radius 1 is 1.03 bits per heavy atom. The predicted octanol–water partition coefficient (Wildman–Crippen LogP) is 3.28. The van der Waals surface area contributed by atoms with E-state index in [2.05, 4.69) is 10.4 Å². The fourth-order valence-electron chi connectivity index (χ4n) is 2.67. The monoisotopic (exact) mass is 452 g/mol. The van der Waals surface area contributed by atoms with E-state index in [0.29, 0.717) is 12.1 Å². The summed E-state index contributed by atoms with van der Waals surface area (Å²) >= 11 is 0. The van der Waals surface area contributed by atoms with Gasteiger partial charge in [0, 0.05) is 18.3 Å². The molecule has 1 amide bonds. The van der Waals surface area contributed by atoms with E-state index < -0.39 is 22.7 Å². The number of nitrogens with zero attached hydrogens (tertiary/aromatic N) is 2. The van der Waals surface area contributed by atoms with E-state index >= 15 is 0 Å². The number of anilines is 1. The van der Waals surface area contributed by atoms with E-state index in [1.165, 1.54) is 16.9 Å². The maximum atomic E-state index is 12.2.